The van der Waals surface area contributed by atoms with Crippen molar-refractivity contribution < 1.29 is 14.7 Å². The van der Waals surface area contributed by atoms with E-state index in [0.29, 0.717) is 12.8 Å². The third kappa shape index (κ3) is 1.43. The quantitative estimate of drug-likeness (QED) is 0.753. The van der Waals surface area contributed by atoms with Crippen molar-refractivity contribution in [3.63, 3.8) is 0 Å². The van der Waals surface area contributed by atoms with Crippen LogP contribution in [-0.2, 0) is 9.59 Å². The molecule has 0 saturated carbocycles. The minimum Gasteiger partial charge on any atom is -0.477 e. The Kier molecular flexibility index (Phi) is 2.66. The topological polar surface area (TPSA) is 60.9 Å². The summed E-state index contributed by atoms with van der Waals surface area (Å²) in [5.74, 6) is -0.989. The molecule has 2 atom stereocenters. The normalized spacial score (nSPS) is 31.8. The van der Waals surface area contributed by atoms with Gasteiger partial charge >= 0.3 is 5.97 Å². The summed E-state index contributed by atoms with van der Waals surface area (Å²) in [5.41, 5.74) is 1.20. The van der Waals surface area contributed by atoms with Gasteiger partial charge in [-0.05, 0) is 37.9 Å². The molecular formula is C13H18N2O3. The van der Waals surface area contributed by atoms with E-state index in [4.69, 9.17) is 0 Å². The van der Waals surface area contributed by atoms with E-state index < -0.39 is 5.97 Å². The van der Waals surface area contributed by atoms with Crippen molar-refractivity contribution in [3.05, 3.63) is 11.3 Å². The molecule has 3 rings (SSSR count). The van der Waals surface area contributed by atoms with E-state index in [1.54, 1.807) is 0 Å². The molecule has 5 heteroatoms. The van der Waals surface area contributed by atoms with Crippen LogP contribution in [0.3, 0.4) is 0 Å². The molecule has 0 radical (unpaired) electrons. The van der Waals surface area contributed by atoms with E-state index in [1.165, 1.54) is 17.7 Å². The van der Waals surface area contributed by atoms with Crippen LogP contribution in [0.5, 0.6) is 0 Å². The van der Waals surface area contributed by atoms with Gasteiger partial charge in [-0.1, -0.05) is 6.92 Å². The van der Waals surface area contributed by atoms with E-state index in [9.17, 15) is 14.7 Å². The van der Waals surface area contributed by atoms with Crippen LogP contribution in [0.1, 0.15) is 32.6 Å². The summed E-state index contributed by atoms with van der Waals surface area (Å²) in [7, 11) is 0. The summed E-state index contributed by atoms with van der Waals surface area (Å²) in [6.45, 7) is 4.04. The van der Waals surface area contributed by atoms with Gasteiger partial charge in [-0.3, -0.25) is 9.69 Å². The Hall–Kier alpha value is -1.36. The summed E-state index contributed by atoms with van der Waals surface area (Å²) in [6, 6.07) is 0.234. The Labute approximate surface area is 106 Å². The highest BCUT2D eigenvalue weighted by atomic mass is 16.4. The average Bonchev–Trinajstić information content (AvgIpc) is 2.91. The van der Waals surface area contributed by atoms with Gasteiger partial charge < -0.3 is 10.0 Å². The van der Waals surface area contributed by atoms with Gasteiger partial charge in [0.2, 0.25) is 5.91 Å². The van der Waals surface area contributed by atoms with Crippen molar-refractivity contribution in [2.45, 2.75) is 44.7 Å². The second-order valence-corrected chi connectivity index (χ2v) is 5.26. The molecule has 98 valence electrons. The maximum atomic E-state index is 11.7. The lowest BCUT2D eigenvalue weighted by atomic mass is 9.93. The molecule has 2 unspecified atom stereocenters. The van der Waals surface area contributed by atoms with Gasteiger partial charge in [0, 0.05) is 6.42 Å². The standard InChI is InChI=1S/C13H18N2O3/c1-2-8-11(14-5-3-4-6-14)9-7-10(16)15(9)12(8)13(17)18/h9,11H,2-7H2,1H3,(H,17,18). The number of carbonyl (C=O) groups is 2. The molecule has 1 amide bonds. The number of fused-ring (bicyclic) bond motifs is 1. The van der Waals surface area contributed by atoms with Crippen LogP contribution >= 0.6 is 0 Å². The number of amides is 1. The Morgan fingerprint density at radius 2 is 2.06 bits per heavy atom. The van der Waals surface area contributed by atoms with Crippen molar-refractivity contribution in [1.82, 2.24) is 9.80 Å². The van der Waals surface area contributed by atoms with Gasteiger partial charge in [0.15, 0.2) is 0 Å². The first kappa shape index (κ1) is 11.7. The zero-order valence-corrected chi connectivity index (χ0v) is 10.6. The number of likely N-dealkylation sites (tertiary alicyclic amines) is 1. The van der Waals surface area contributed by atoms with Gasteiger partial charge in [-0.25, -0.2) is 4.79 Å². The number of nitrogens with zero attached hydrogens (tertiary/aromatic N) is 2. The molecule has 1 N–H and O–H groups in total. The third-order valence-electron chi connectivity index (χ3n) is 4.37. The van der Waals surface area contributed by atoms with Crippen LogP contribution in [0.2, 0.25) is 0 Å². The van der Waals surface area contributed by atoms with Crippen molar-refractivity contribution in [2.75, 3.05) is 13.1 Å². The number of hydrogen-bond donors (Lipinski definition) is 1. The van der Waals surface area contributed by atoms with Crippen LogP contribution in [0.25, 0.3) is 0 Å². The molecule has 2 saturated heterocycles. The fraction of sp³-hybridized carbons (Fsp3) is 0.692. The van der Waals surface area contributed by atoms with Crippen LogP contribution in [0.15, 0.2) is 11.3 Å². The molecule has 5 nitrogen and oxygen atoms in total. The molecular weight excluding hydrogens is 232 g/mol. The highest BCUT2D eigenvalue weighted by Gasteiger charge is 2.54. The Balaban J connectivity index is 1.98. The van der Waals surface area contributed by atoms with E-state index in [-0.39, 0.29) is 23.7 Å². The SMILES string of the molecule is CCC1=C(C(=O)O)N2C(=O)CC2C1N1CCCC1. The molecule has 0 spiro atoms. The first-order valence-corrected chi connectivity index (χ1v) is 6.67. The Morgan fingerprint density at radius 1 is 1.39 bits per heavy atom. The van der Waals surface area contributed by atoms with Crippen LogP contribution in [0.4, 0.5) is 0 Å². The number of carbonyl (C=O) groups excluding carboxylic acids is 1. The van der Waals surface area contributed by atoms with Gasteiger partial charge in [0.1, 0.15) is 5.70 Å². The molecule has 3 heterocycles. The van der Waals surface area contributed by atoms with Crippen molar-refractivity contribution in [1.29, 1.82) is 0 Å². The predicted octanol–water partition coefficient (Wildman–Crippen LogP) is 0.814. The van der Waals surface area contributed by atoms with Gasteiger partial charge in [0.25, 0.3) is 0 Å². The largest absolute Gasteiger partial charge is 0.477 e. The lowest BCUT2D eigenvalue weighted by molar-refractivity contribution is -0.148. The van der Waals surface area contributed by atoms with Crippen LogP contribution in [-0.4, -0.2) is 52.0 Å². The summed E-state index contributed by atoms with van der Waals surface area (Å²) in [6.07, 6.45) is 3.57. The molecule has 18 heavy (non-hydrogen) atoms. The molecule has 2 fully saturated rings. The van der Waals surface area contributed by atoms with E-state index in [0.717, 1.165) is 18.7 Å². The molecule has 0 aromatic heterocycles. The maximum absolute atomic E-state index is 11.7. The third-order valence-corrected chi connectivity index (χ3v) is 4.37. The fourth-order valence-electron chi connectivity index (χ4n) is 3.61. The summed E-state index contributed by atoms with van der Waals surface area (Å²) >= 11 is 0. The van der Waals surface area contributed by atoms with E-state index >= 15 is 0 Å². The second-order valence-electron chi connectivity index (χ2n) is 5.26. The summed E-state index contributed by atoms with van der Waals surface area (Å²) < 4.78 is 0. The lowest BCUT2D eigenvalue weighted by Crippen LogP contribution is -2.57. The zero-order chi connectivity index (χ0) is 12.9. The molecule has 0 aromatic carbocycles. The van der Waals surface area contributed by atoms with Gasteiger partial charge in [-0.2, -0.15) is 0 Å². The van der Waals surface area contributed by atoms with Crippen molar-refractivity contribution in [2.24, 2.45) is 0 Å². The second kappa shape index (κ2) is 4.09. The molecule has 3 aliphatic heterocycles. The minimum absolute atomic E-state index is 0.0370. The van der Waals surface area contributed by atoms with Crippen LogP contribution in [0, 0.1) is 0 Å². The molecule has 0 bridgehead atoms. The number of rotatable bonds is 3. The Bertz CT molecular complexity index is 438. The maximum Gasteiger partial charge on any atom is 0.352 e. The molecule has 3 aliphatic rings. The number of carboxylic acids is 1. The Morgan fingerprint density at radius 3 is 2.56 bits per heavy atom. The smallest absolute Gasteiger partial charge is 0.352 e. The lowest BCUT2D eigenvalue weighted by Gasteiger charge is -2.41. The van der Waals surface area contributed by atoms with Gasteiger partial charge in [-0.15, -0.1) is 0 Å². The first-order chi connectivity index (χ1) is 8.65. The number of hydrogen-bond acceptors (Lipinski definition) is 3. The fourth-order valence-corrected chi connectivity index (χ4v) is 3.61. The first-order valence-electron chi connectivity index (χ1n) is 6.67. The van der Waals surface area contributed by atoms with Crippen molar-refractivity contribution in [3.8, 4) is 0 Å². The number of carboxylic acid groups (broad SMARTS) is 1. The monoisotopic (exact) mass is 250 g/mol. The minimum atomic E-state index is -0.952. The summed E-state index contributed by atoms with van der Waals surface area (Å²) in [4.78, 5) is 26.9. The van der Waals surface area contributed by atoms with E-state index in [1.807, 2.05) is 6.92 Å². The number of aliphatic carboxylic acids is 1. The summed E-state index contributed by atoms with van der Waals surface area (Å²) in [5, 5.41) is 9.34. The van der Waals surface area contributed by atoms with Crippen LogP contribution < -0.4 is 0 Å². The zero-order valence-electron chi connectivity index (χ0n) is 10.6. The highest BCUT2D eigenvalue weighted by molar-refractivity contribution is 5.98. The highest BCUT2D eigenvalue weighted by Crippen LogP contribution is 2.43. The van der Waals surface area contributed by atoms with E-state index in [2.05, 4.69) is 4.90 Å². The molecule has 0 aliphatic carbocycles. The molecule has 0 aromatic rings. The van der Waals surface area contributed by atoms with Crippen molar-refractivity contribution >= 4 is 11.9 Å². The number of β-lactam (4-membered cyclic amide) rings is 1. The van der Waals surface area contributed by atoms with Gasteiger partial charge in [0.05, 0.1) is 12.1 Å². The predicted molar refractivity (Wildman–Crippen MR) is 64.8 cm³/mol. The average molecular weight is 250 g/mol.